The predicted molar refractivity (Wildman–Crippen MR) is 94.4 cm³/mol. The lowest BCUT2D eigenvalue weighted by atomic mass is 9.87. The summed E-state index contributed by atoms with van der Waals surface area (Å²) in [4.78, 5) is 22.7. The van der Waals surface area contributed by atoms with Gasteiger partial charge in [0.2, 0.25) is 0 Å². The van der Waals surface area contributed by atoms with Crippen LogP contribution in [0.5, 0.6) is 0 Å². The molecule has 0 fully saturated rings. The Kier molecular flexibility index (Phi) is 5.36. The Morgan fingerprint density at radius 2 is 2.08 bits per heavy atom. The Hall–Kier alpha value is -2.88. The number of hydrogen-bond donors (Lipinski definition) is 2. The number of carbonyl (C=O) groups is 1. The molecule has 0 bridgehead atoms. The van der Waals surface area contributed by atoms with Crippen molar-refractivity contribution in [3.8, 4) is 0 Å². The van der Waals surface area contributed by atoms with E-state index in [1.165, 1.54) is 38.1 Å². The molecule has 0 saturated heterocycles. The van der Waals surface area contributed by atoms with E-state index in [0.717, 1.165) is 7.11 Å². The standard InChI is InChI=1S/C16H19N3O6S/c1-4-26(23,24)14-9(2)18-15(17)13(16(20)25-3)12(14)10-6-5-7-11(8-10)19(21)22/h5-8,12,18H,4,17H2,1-3H3. The SMILES string of the molecule is CCS(=O)(=O)C1=C(C)NC(N)=C(C(=O)OC)C1c1cccc([N+](=O)[O-])c1. The van der Waals surface area contributed by atoms with E-state index in [1.54, 1.807) is 0 Å². The fourth-order valence-corrected chi connectivity index (χ4v) is 4.32. The largest absolute Gasteiger partial charge is 0.466 e. The molecule has 1 aromatic rings. The molecule has 0 amide bonds. The van der Waals surface area contributed by atoms with E-state index in [4.69, 9.17) is 10.5 Å². The van der Waals surface area contributed by atoms with Crippen LogP contribution in [-0.2, 0) is 19.4 Å². The summed E-state index contributed by atoms with van der Waals surface area (Å²) in [5.41, 5.74) is 6.11. The summed E-state index contributed by atoms with van der Waals surface area (Å²) in [6, 6.07) is 5.44. The van der Waals surface area contributed by atoms with Crippen LogP contribution in [0, 0.1) is 10.1 Å². The minimum atomic E-state index is -3.75. The van der Waals surface area contributed by atoms with Crippen LogP contribution in [0.1, 0.15) is 25.3 Å². The van der Waals surface area contributed by atoms with Gasteiger partial charge in [0.25, 0.3) is 5.69 Å². The summed E-state index contributed by atoms with van der Waals surface area (Å²) in [6.07, 6.45) is 0. The van der Waals surface area contributed by atoms with Crippen LogP contribution >= 0.6 is 0 Å². The normalized spacial score (nSPS) is 17.7. The second-order valence-electron chi connectivity index (χ2n) is 5.62. The van der Waals surface area contributed by atoms with Gasteiger partial charge in [-0.2, -0.15) is 0 Å². The van der Waals surface area contributed by atoms with Crippen molar-refractivity contribution in [1.82, 2.24) is 5.32 Å². The smallest absolute Gasteiger partial charge is 0.338 e. The molecule has 1 aromatic carbocycles. The van der Waals surface area contributed by atoms with E-state index < -0.39 is 26.6 Å². The van der Waals surface area contributed by atoms with Crippen molar-refractivity contribution in [2.75, 3.05) is 12.9 Å². The Morgan fingerprint density at radius 1 is 1.42 bits per heavy atom. The Balaban J connectivity index is 2.81. The molecule has 0 spiro atoms. The van der Waals surface area contributed by atoms with Gasteiger partial charge in [0, 0.05) is 17.8 Å². The number of nitrogens with two attached hydrogens (primary N) is 1. The molecule has 0 aromatic heterocycles. The molecule has 2 rings (SSSR count). The third-order valence-corrected chi connectivity index (χ3v) is 6.04. The van der Waals surface area contributed by atoms with Gasteiger partial charge in [0.15, 0.2) is 9.84 Å². The molecule has 1 heterocycles. The number of nitro benzene ring substituents is 1. The highest BCUT2D eigenvalue weighted by atomic mass is 32.2. The molecule has 140 valence electrons. The number of nitrogens with one attached hydrogen (secondary N) is 1. The van der Waals surface area contributed by atoms with Crippen molar-refractivity contribution >= 4 is 21.5 Å². The van der Waals surface area contributed by atoms with Crippen LogP contribution < -0.4 is 11.1 Å². The van der Waals surface area contributed by atoms with Gasteiger partial charge >= 0.3 is 5.97 Å². The highest BCUT2D eigenvalue weighted by Gasteiger charge is 2.40. The number of esters is 1. The van der Waals surface area contributed by atoms with Crippen molar-refractivity contribution in [3.05, 3.63) is 61.9 Å². The van der Waals surface area contributed by atoms with Gasteiger partial charge in [-0.25, -0.2) is 13.2 Å². The third-order valence-electron chi connectivity index (χ3n) is 4.07. The lowest BCUT2D eigenvalue weighted by Crippen LogP contribution is -2.35. The number of allylic oxidation sites excluding steroid dienone is 2. The van der Waals surface area contributed by atoms with Gasteiger partial charge in [-0.1, -0.05) is 19.1 Å². The molecular formula is C16H19N3O6S. The van der Waals surface area contributed by atoms with Gasteiger partial charge in [0.05, 0.1) is 34.2 Å². The van der Waals surface area contributed by atoms with Crippen molar-refractivity contribution in [3.63, 3.8) is 0 Å². The monoisotopic (exact) mass is 381 g/mol. The molecule has 26 heavy (non-hydrogen) atoms. The molecular weight excluding hydrogens is 362 g/mol. The number of nitro groups is 1. The second-order valence-corrected chi connectivity index (χ2v) is 7.87. The summed E-state index contributed by atoms with van der Waals surface area (Å²) in [5, 5.41) is 13.8. The van der Waals surface area contributed by atoms with Crippen molar-refractivity contribution in [2.24, 2.45) is 5.73 Å². The zero-order chi connectivity index (χ0) is 19.6. The number of rotatable bonds is 5. The lowest BCUT2D eigenvalue weighted by molar-refractivity contribution is -0.384. The quantitative estimate of drug-likeness (QED) is 0.441. The first-order valence-corrected chi connectivity index (χ1v) is 9.32. The summed E-state index contributed by atoms with van der Waals surface area (Å²) in [6.45, 7) is 2.99. The number of methoxy groups -OCH3 is 1. The highest BCUT2D eigenvalue weighted by Crippen LogP contribution is 2.41. The van der Waals surface area contributed by atoms with Crippen LogP contribution in [0.4, 0.5) is 5.69 Å². The van der Waals surface area contributed by atoms with Crippen LogP contribution in [0.2, 0.25) is 0 Å². The Morgan fingerprint density at radius 3 is 2.62 bits per heavy atom. The Bertz CT molecular complexity index is 933. The number of sulfone groups is 1. The summed E-state index contributed by atoms with van der Waals surface area (Å²) in [5.74, 6) is -2.18. The number of ether oxygens (including phenoxy) is 1. The van der Waals surface area contributed by atoms with E-state index in [1.807, 2.05) is 0 Å². The van der Waals surface area contributed by atoms with E-state index >= 15 is 0 Å². The maximum Gasteiger partial charge on any atom is 0.338 e. The summed E-state index contributed by atoms with van der Waals surface area (Å²) in [7, 11) is -2.60. The molecule has 1 aliphatic rings. The molecule has 0 saturated carbocycles. The lowest BCUT2D eigenvalue weighted by Gasteiger charge is -2.30. The average molecular weight is 381 g/mol. The highest BCUT2D eigenvalue weighted by molar-refractivity contribution is 7.95. The van der Waals surface area contributed by atoms with Crippen LogP contribution in [0.25, 0.3) is 0 Å². The molecule has 10 heteroatoms. The Labute approximate surface area is 150 Å². The molecule has 3 N–H and O–H groups in total. The van der Waals surface area contributed by atoms with E-state index in [2.05, 4.69) is 5.32 Å². The topological polar surface area (TPSA) is 142 Å². The van der Waals surface area contributed by atoms with Gasteiger partial charge in [-0.15, -0.1) is 0 Å². The number of dihydropyridines is 1. The molecule has 0 radical (unpaired) electrons. The number of non-ortho nitro benzene ring substituents is 1. The predicted octanol–water partition coefficient (Wildman–Crippen LogP) is 1.29. The van der Waals surface area contributed by atoms with Gasteiger partial charge < -0.3 is 15.8 Å². The third kappa shape index (κ3) is 3.40. The zero-order valence-corrected chi connectivity index (χ0v) is 15.3. The van der Waals surface area contributed by atoms with Crippen molar-refractivity contribution in [1.29, 1.82) is 0 Å². The number of carbonyl (C=O) groups excluding carboxylic acids is 1. The first kappa shape index (κ1) is 19.4. The molecule has 0 aliphatic carbocycles. The molecule has 1 unspecified atom stereocenters. The molecule has 1 aliphatic heterocycles. The minimum absolute atomic E-state index is 0.0547. The number of nitrogens with zero attached hydrogens (tertiary/aromatic N) is 1. The van der Waals surface area contributed by atoms with E-state index in [0.29, 0.717) is 0 Å². The fraction of sp³-hybridized carbons (Fsp3) is 0.312. The zero-order valence-electron chi connectivity index (χ0n) is 14.5. The molecule has 1 atom stereocenters. The molecule has 9 nitrogen and oxygen atoms in total. The number of benzene rings is 1. The fourth-order valence-electron chi connectivity index (χ4n) is 2.88. The summed E-state index contributed by atoms with van der Waals surface area (Å²) < 4.78 is 30.1. The van der Waals surface area contributed by atoms with Gasteiger partial charge in [-0.3, -0.25) is 10.1 Å². The van der Waals surface area contributed by atoms with Crippen LogP contribution in [0.3, 0.4) is 0 Å². The summed E-state index contributed by atoms with van der Waals surface area (Å²) >= 11 is 0. The number of hydrogen-bond acceptors (Lipinski definition) is 8. The maximum absolute atomic E-state index is 12.7. The van der Waals surface area contributed by atoms with Crippen LogP contribution in [0.15, 0.2) is 46.3 Å². The minimum Gasteiger partial charge on any atom is -0.466 e. The van der Waals surface area contributed by atoms with E-state index in [9.17, 15) is 23.3 Å². The second kappa shape index (κ2) is 7.16. The first-order chi connectivity index (χ1) is 12.1. The average Bonchev–Trinajstić information content (AvgIpc) is 2.60. The maximum atomic E-state index is 12.7. The van der Waals surface area contributed by atoms with Crippen molar-refractivity contribution < 1.29 is 22.9 Å². The van der Waals surface area contributed by atoms with Crippen LogP contribution in [-0.4, -0.2) is 32.2 Å². The first-order valence-electron chi connectivity index (χ1n) is 7.66. The van der Waals surface area contributed by atoms with E-state index in [-0.39, 0.29) is 39.0 Å². The van der Waals surface area contributed by atoms with Crippen molar-refractivity contribution in [2.45, 2.75) is 19.8 Å². The van der Waals surface area contributed by atoms with Gasteiger partial charge in [0.1, 0.15) is 5.82 Å². The van der Waals surface area contributed by atoms with Gasteiger partial charge in [-0.05, 0) is 12.5 Å².